The number of esters is 1. The van der Waals surface area contributed by atoms with Crippen LogP contribution in [0.1, 0.15) is 56.9 Å². The molecule has 2 aromatic rings. The average molecular weight is 479 g/mol. The number of benzene rings is 1. The molecule has 0 saturated heterocycles. The number of rotatable bonds is 8. The predicted octanol–water partition coefficient (Wildman–Crippen LogP) is 5.49. The van der Waals surface area contributed by atoms with Gasteiger partial charge < -0.3 is 19.3 Å². The van der Waals surface area contributed by atoms with Gasteiger partial charge in [-0.15, -0.1) is 0 Å². The van der Waals surface area contributed by atoms with Crippen LogP contribution < -0.4 is 10.1 Å². The van der Waals surface area contributed by atoms with Crippen LogP contribution in [-0.4, -0.2) is 30.4 Å². The first-order valence-electron chi connectivity index (χ1n) is 11.6. The van der Waals surface area contributed by atoms with Crippen LogP contribution in [0, 0.1) is 5.41 Å². The maximum absolute atomic E-state index is 13.6. The van der Waals surface area contributed by atoms with Crippen LogP contribution in [0.3, 0.4) is 0 Å². The number of dihydropyridines is 1. The Kier molecular flexibility index (Phi) is 6.40. The minimum Gasteiger partial charge on any atom is -0.488 e. The van der Waals surface area contributed by atoms with Crippen LogP contribution in [0.5, 0.6) is 5.75 Å². The van der Waals surface area contributed by atoms with E-state index in [1.165, 1.54) is 13.2 Å². The van der Waals surface area contributed by atoms with Crippen LogP contribution >= 0.6 is 0 Å². The smallest absolute Gasteiger partial charge is 0.437 e. The molecule has 34 heavy (non-hydrogen) atoms. The van der Waals surface area contributed by atoms with E-state index in [2.05, 4.69) is 10.5 Å². The maximum atomic E-state index is 13.6. The second-order valence-electron chi connectivity index (χ2n) is 8.89. The number of fused-ring (bicyclic) bond motifs is 1. The Morgan fingerprint density at radius 1 is 1.29 bits per heavy atom. The van der Waals surface area contributed by atoms with Crippen molar-refractivity contribution < 1.29 is 32.0 Å². The number of carbonyl (C=O) groups is 1. The number of ether oxygens (including phenoxy) is 2. The van der Waals surface area contributed by atoms with E-state index < -0.39 is 23.4 Å². The van der Waals surface area contributed by atoms with Gasteiger partial charge in [-0.1, -0.05) is 37.9 Å². The lowest BCUT2D eigenvalue weighted by atomic mass is 9.88. The van der Waals surface area contributed by atoms with Gasteiger partial charge in [0.2, 0.25) is 0 Å². The zero-order valence-electron chi connectivity index (χ0n) is 19.7. The quantitative estimate of drug-likeness (QED) is 0.506. The van der Waals surface area contributed by atoms with Crippen LogP contribution in [0.15, 0.2) is 34.5 Å². The van der Waals surface area contributed by atoms with E-state index in [-0.39, 0.29) is 23.0 Å². The minimum atomic E-state index is -4.62. The topological polar surface area (TPSA) is 73.6 Å². The third-order valence-corrected chi connectivity index (χ3v) is 6.58. The summed E-state index contributed by atoms with van der Waals surface area (Å²) in [6.45, 7) is 5.85. The summed E-state index contributed by atoms with van der Waals surface area (Å²) in [7, 11) is 1.35. The van der Waals surface area contributed by atoms with Gasteiger partial charge in [0.25, 0.3) is 0 Å². The molecule has 1 aliphatic heterocycles. The summed E-state index contributed by atoms with van der Waals surface area (Å²) in [5.74, 6) is 0.103. The molecule has 6 nitrogen and oxygen atoms in total. The molecule has 1 aromatic heterocycles. The number of hydrogen-bond donors (Lipinski definition) is 1. The molecule has 1 fully saturated rings. The SMILES string of the molecule is CCCc1cc2c(C(F)(F)F)noc2c(CCC)c1OC1CC1(C(=O)OC)C1=CC=CNC1C. The Labute approximate surface area is 196 Å². The summed E-state index contributed by atoms with van der Waals surface area (Å²) in [5, 5.41) is 6.49. The van der Waals surface area contributed by atoms with Gasteiger partial charge in [-0.3, -0.25) is 4.79 Å². The van der Waals surface area contributed by atoms with Crippen LogP contribution in [0.25, 0.3) is 11.0 Å². The fraction of sp³-hybridized carbons (Fsp3) is 0.520. The van der Waals surface area contributed by atoms with Crippen molar-refractivity contribution in [2.45, 2.75) is 71.2 Å². The van der Waals surface area contributed by atoms with Gasteiger partial charge in [-0.2, -0.15) is 13.2 Å². The molecule has 0 radical (unpaired) electrons. The number of methoxy groups -OCH3 is 1. The molecule has 3 atom stereocenters. The number of nitrogens with zero attached hydrogens (tertiary/aromatic N) is 1. The fourth-order valence-corrected chi connectivity index (χ4v) is 4.93. The molecule has 0 amide bonds. The molecule has 2 aliphatic rings. The van der Waals surface area contributed by atoms with Gasteiger partial charge in [-0.25, -0.2) is 0 Å². The minimum absolute atomic E-state index is 0.0558. The summed E-state index contributed by atoms with van der Waals surface area (Å²) in [6.07, 6.45) is 3.20. The standard InChI is InChI=1S/C25H29F3N2O4/c1-5-8-15-12-17-21(34-30-22(17)25(26,27)28)16(9-6-2)20(15)33-19-13-24(19,23(31)32-4)18-10-7-11-29-14(18)3/h7,10-12,14,19,29H,5-6,8-9,13H2,1-4H3. The van der Waals surface area contributed by atoms with Crippen molar-refractivity contribution in [3.63, 3.8) is 0 Å². The predicted molar refractivity (Wildman–Crippen MR) is 120 cm³/mol. The third kappa shape index (κ3) is 3.95. The monoisotopic (exact) mass is 478 g/mol. The Morgan fingerprint density at radius 3 is 2.65 bits per heavy atom. The summed E-state index contributed by atoms with van der Waals surface area (Å²) in [5.41, 5.74) is 0.177. The Bertz CT molecular complexity index is 1150. The van der Waals surface area contributed by atoms with Gasteiger partial charge in [0.15, 0.2) is 11.3 Å². The molecule has 184 valence electrons. The molecule has 0 bridgehead atoms. The Balaban J connectivity index is 1.82. The lowest BCUT2D eigenvalue weighted by molar-refractivity contribution is -0.146. The number of alkyl halides is 3. The second-order valence-corrected chi connectivity index (χ2v) is 8.89. The molecule has 1 saturated carbocycles. The normalized spacial score (nSPS) is 24.0. The largest absolute Gasteiger partial charge is 0.488 e. The zero-order chi connectivity index (χ0) is 24.7. The van der Waals surface area contributed by atoms with Crippen LogP contribution in [0.4, 0.5) is 13.2 Å². The van der Waals surface area contributed by atoms with Gasteiger partial charge in [0, 0.05) is 18.0 Å². The highest BCUT2D eigenvalue weighted by Gasteiger charge is 2.66. The van der Waals surface area contributed by atoms with E-state index in [4.69, 9.17) is 14.0 Å². The summed E-state index contributed by atoms with van der Waals surface area (Å²) < 4.78 is 57.5. The van der Waals surface area contributed by atoms with E-state index in [0.29, 0.717) is 49.0 Å². The first kappa shape index (κ1) is 24.2. The summed E-state index contributed by atoms with van der Waals surface area (Å²) in [6, 6.07) is 1.38. The number of carbonyl (C=O) groups excluding carboxylic acids is 1. The van der Waals surface area contributed by atoms with Gasteiger partial charge >= 0.3 is 12.1 Å². The Hall–Kier alpha value is -2.97. The molecule has 1 aliphatic carbocycles. The maximum Gasteiger partial charge on any atom is 0.437 e. The van der Waals surface area contributed by atoms with Crippen LogP contribution in [0.2, 0.25) is 0 Å². The highest BCUT2D eigenvalue weighted by Crippen LogP contribution is 2.57. The number of hydrogen-bond acceptors (Lipinski definition) is 6. The van der Waals surface area contributed by atoms with Gasteiger partial charge in [0.1, 0.15) is 17.3 Å². The third-order valence-electron chi connectivity index (χ3n) is 6.58. The first-order chi connectivity index (χ1) is 16.2. The van der Waals surface area contributed by atoms with Crippen molar-refractivity contribution in [1.82, 2.24) is 10.5 Å². The van der Waals surface area contributed by atoms with Crippen molar-refractivity contribution in [2.24, 2.45) is 5.41 Å². The molecule has 1 aromatic carbocycles. The first-order valence-corrected chi connectivity index (χ1v) is 11.6. The molecule has 3 unspecified atom stereocenters. The average Bonchev–Trinajstić information content (AvgIpc) is 3.34. The van der Waals surface area contributed by atoms with Gasteiger partial charge in [-0.05, 0) is 49.2 Å². The molecule has 2 heterocycles. The van der Waals surface area contributed by atoms with Crippen molar-refractivity contribution in [3.05, 3.63) is 46.8 Å². The fourth-order valence-electron chi connectivity index (χ4n) is 4.93. The highest BCUT2D eigenvalue weighted by atomic mass is 19.4. The summed E-state index contributed by atoms with van der Waals surface area (Å²) in [4.78, 5) is 12.9. The lowest BCUT2D eigenvalue weighted by Crippen LogP contribution is -2.36. The number of allylic oxidation sites excluding steroid dienone is 2. The molecule has 1 N–H and O–H groups in total. The van der Waals surface area contributed by atoms with E-state index >= 15 is 0 Å². The van der Waals surface area contributed by atoms with Crippen molar-refractivity contribution >= 4 is 16.9 Å². The molecular formula is C25H29F3N2O4. The van der Waals surface area contributed by atoms with Crippen LogP contribution in [-0.2, 0) is 28.5 Å². The highest BCUT2D eigenvalue weighted by molar-refractivity contribution is 5.88. The molecule has 4 rings (SSSR count). The van der Waals surface area contributed by atoms with E-state index in [1.807, 2.05) is 39.1 Å². The second kappa shape index (κ2) is 9.00. The zero-order valence-corrected chi connectivity index (χ0v) is 19.7. The Morgan fingerprint density at radius 2 is 2.03 bits per heavy atom. The number of aromatic nitrogens is 1. The number of halogens is 3. The van der Waals surface area contributed by atoms with Crippen molar-refractivity contribution in [2.75, 3.05) is 7.11 Å². The van der Waals surface area contributed by atoms with Crippen molar-refractivity contribution in [1.29, 1.82) is 0 Å². The number of aryl methyl sites for hydroxylation is 2. The van der Waals surface area contributed by atoms with E-state index in [1.54, 1.807) is 0 Å². The van der Waals surface area contributed by atoms with E-state index in [0.717, 1.165) is 5.57 Å². The van der Waals surface area contributed by atoms with Gasteiger partial charge in [0.05, 0.1) is 12.5 Å². The lowest BCUT2D eigenvalue weighted by Gasteiger charge is -2.27. The van der Waals surface area contributed by atoms with E-state index in [9.17, 15) is 18.0 Å². The van der Waals surface area contributed by atoms with Crippen molar-refractivity contribution in [3.8, 4) is 5.75 Å². The molecule has 9 heteroatoms. The molecular weight excluding hydrogens is 449 g/mol. The summed E-state index contributed by atoms with van der Waals surface area (Å²) >= 11 is 0. The molecule has 0 spiro atoms. The number of nitrogens with one attached hydrogen (secondary N) is 1.